The molecule has 1 aliphatic rings. The second kappa shape index (κ2) is 8.52. The summed E-state index contributed by atoms with van der Waals surface area (Å²) in [6.45, 7) is 5.62. The monoisotopic (exact) mass is 461 g/mol. The highest BCUT2D eigenvalue weighted by Gasteiger charge is 2.41. The van der Waals surface area contributed by atoms with Crippen molar-refractivity contribution in [2.45, 2.75) is 20.8 Å². The van der Waals surface area contributed by atoms with Gasteiger partial charge in [-0.25, -0.2) is 4.90 Å². The second-order valence-corrected chi connectivity index (χ2v) is 8.21. The molecule has 0 spiro atoms. The lowest BCUT2D eigenvalue weighted by Crippen LogP contribution is -2.33. The van der Waals surface area contributed by atoms with Gasteiger partial charge < -0.3 is 5.32 Å². The van der Waals surface area contributed by atoms with Gasteiger partial charge in [-0.05, 0) is 73.4 Å². The van der Waals surface area contributed by atoms with Gasteiger partial charge in [0.2, 0.25) is 0 Å². The number of anilines is 2. The molecule has 1 N–H and O–H groups in total. The minimum absolute atomic E-state index is 0.0784. The minimum atomic E-state index is -0.518. The Hall–Kier alpha value is -3.97. The van der Waals surface area contributed by atoms with E-state index in [1.165, 1.54) is 24.3 Å². The fourth-order valence-corrected chi connectivity index (χ4v) is 3.86. The first kappa shape index (κ1) is 22.2. The van der Waals surface area contributed by atoms with E-state index in [9.17, 15) is 19.7 Å². The summed E-state index contributed by atoms with van der Waals surface area (Å²) in [6.07, 6.45) is 0. The third-order valence-electron chi connectivity index (χ3n) is 5.71. The number of carbonyl (C=O) groups excluding carboxylic acids is 2. The number of benzene rings is 3. The Balaban J connectivity index is 1.85. The molecular formula is C25H20ClN3O4. The van der Waals surface area contributed by atoms with Gasteiger partial charge in [-0.2, -0.15) is 0 Å². The molecule has 0 bridgehead atoms. The predicted molar refractivity (Wildman–Crippen MR) is 128 cm³/mol. The van der Waals surface area contributed by atoms with Gasteiger partial charge in [0.1, 0.15) is 5.70 Å². The fourth-order valence-electron chi connectivity index (χ4n) is 3.67. The molecule has 3 aromatic rings. The first-order valence-corrected chi connectivity index (χ1v) is 10.5. The molecule has 0 saturated heterocycles. The zero-order valence-corrected chi connectivity index (χ0v) is 18.9. The summed E-state index contributed by atoms with van der Waals surface area (Å²) in [4.78, 5) is 38.8. The third-order valence-corrected chi connectivity index (χ3v) is 6.12. The Labute approximate surface area is 195 Å². The standard InChI is InChI=1S/C25H20ClN3O4/c1-14-5-4-6-21(16(14)3)28-24(30)22(17-8-11-19(12-9-17)29(32)33)23(25(28)31)27-18-10-7-15(2)20(26)13-18/h4-13,27H,1-3H3. The zero-order valence-electron chi connectivity index (χ0n) is 18.2. The van der Waals surface area contributed by atoms with Crippen molar-refractivity contribution in [2.24, 2.45) is 0 Å². The Morgan fingerprint density at radius 1 is 0.909 bits per heavy atom. The minimum Gasteiger partial charge on any atom is -0.350 e. The van der Waals surface area contributed by atoms with Gasteiger partial charge in [-0.3, -0.25) is 19.7 Å². The molecule has 0 saturated carbocycles. The zero-order chi connectivity index (χ0) is 23.9. The van der Waals surface area contributed by atoms with Crippen LogP contribution in [0.4, 0.5) is 17.1 Å². The Kier molecular flexibility index (Phi) is 5.74. The van der Waals surface area contributed by atoms with Crippen molar-refractivity contribution in [1.29, 1.82) is 0 Å². The van der Waals surface area contributed by atoms with Crippen molar-refractivity contribution < 1.29 is 14.5 Å². The first-order chi connectivity index (χ1) is 15.7. The number of nitro benzene ring substituents is 1. The van der Waals surface area contributed by atoms with Crippen LogP contribution in [-0.4, -0.2) is 16.7 Å². The van der Waals surface area contributed by atoms with Crippen molar-refractivity contribution in [2.75, 3.05) is 10.2 Å². The van der Waals surface area contributed by atoms with Crippen LogP contribution in [0.2, 0.25) is 5.02 Å². The van der Waals surface area contributed by atoms with E-state index in [-0.39, 0.29) is 17.0 Å². The molecule has 1 heterocycles. The van der Waals surface area contributed by atoms with Crippen LogP contribution in [0.3, 0.4) is 0 Å². The fraction of sp³-hybridized carbons (Fsp3) is 0.120. The third kappa shape index (κ3) is 3.99. The van der Waals surface area contributed by atoms with Crippen LogP contribution >= 0.6 is 11.6 Å². The maximum atomic E-state index is 13.6. The number of imide groups is 1. The molecule has 33 heavy (non-hydrogen) atoms. The SMILES string of the molecule is Cc1ccc(NC2=C(c3ccc([N+](=O)[O-])cc3)C(=O)N(c3cccc(C)c3C)C2=O)cc1Cl. The highest BCUT2D eigenvalue weighted by Crippen LogP contribution is 2.36. The van der Waals surface area contributed by atoms with E-state index < -0.39 is 16.7 Å². The number of hydrogen-bond acceptors (Lipinski definition) is 5. The molecule has 0 fully saturated rings. The molecule has 0 atom stereocenters. The van der Waals surface area contributed by atoms with E-state index in [2.05, 4.69) is 5.32 Å². The van der Waals surface area contributed by atoms with Crippen LogP contribution in [0.15, 0.2) is 66.4 Å². The predicted octanol–water partition coefficient (Wildman–Crippen LogP) is 5.57. The Morgan fingerprint density at radius 3 is 2.24 bits per heavy atom. The van der Waals surface area contributed by atoms with Gasteiger partial charge in [0.05, 0.1) is 16.2 Å². The van der Waals surface area contributed by atoms with E-state index in [4.69, 9.17) is 11.6 Å². The molecule has 0 unspecified atom stereocenters. The highest BCUT2D eigenvalue weighted by atomic mass is 35.5. The summed E-state index contributed by atoms with van der Waals surface area (Å²) in [5.41, 5.74) is 4.15. The molecule has 4 rings (SSSR count). The van der Waals surface area contributed by atoms with Gasteiger partial charge in [0.25, 0.3) is 17.5 Å². The number of amides is 2. The van der Waals surface area contributed by atoms with E-state index in [1.807, 2.05) is 26.8 Å². The highest BCUT2D eigenvalue weighted by molar-refractivity contribution is 6.46. The maximum Gasteiger partial charge on any atom is 0.282 e. The molecule has 7 nitrogen and oxygen atoms in total. The molecule has 1 aliphatic heterocycles. The summed E-state index contributed by atoms with van der Waals surface area (Å²) >= 11 is 6.25. The van der Waals surface area contributed by atoms with Gasteiger partial charge in [-0.15, -0.1) is 0 Å². The summed E-state index contributed by atoms with van der Waals surface area (Å²) in [6, 6.07) is 16.2. The van der Waals surface area contributed by atoms with E-state index in [0.717, 1.165) is 21.6 Å². The van der Waals surface area contributed by atoms with Crippen LogP contribution in [0, 0.1) is 30.9 Å². The van der Waals surface area contributed by atoms with Gasteiger partial charge in [0.15, 0.2) is 0 Å². The van der Waals surface area contributed by atoms with Gasteiger partial charge in [0, 0.05) is 22.8 Å². The molecule has 0 aromatic heterocycles. The number of hydrogen-bond donors (Lipinski definition) is 1. The first-order valence-electron chi connectivity index (χ1n) is 10.2. The van der Waals surface area contributed by atoms with Crippen molar-refractivity contribution in [3.8, 4) is 0 Å². The van der Waals surface area contributed by atoms with E-state index in [0.29, 0.717) is 22.0 Å². The molecule has 8 heteroatoms. The van der Waals surface area contributed by atoms with Crippen molar-refractivity contribution in [3.05, 3.63) is 104 Å². The second-order valence-electron chi connectivity index (χ2n) is 7.81. The largest absolute Gasteiger partial charge is 0.350 e. The molecule has 0 radical (unpaired) electrons. The lowest BCUT2D eigenvalue weighted by atomic mass is 10.0. The molecule has 3 aromatic carbocycles. The smallest absolute Gasteiger partial charge is 0.282 e. The normalized spacial score (nSPS) is 13.6. The quantitative estimate of drug-likeness (QED) is 0.304. The number of nitrogens with zero attached hydrogens (tertiary/aromatic N) is 2. The van der Waals surface area contributed by atoms with Gasteiger partial charge >= 0.3 is 0 Å². The Bertz CT molecular complexity index is 1350. The number of halogens is 1. The summed E-state index contributed by atoms with van der Waals surface area (Å²) in [5, 5.41) is 14.6. The summed E-state index contributed by atoms with van der Waals surface area (Å²) in [7, 11) is 0. The molecular weight excluding hydrogens is 442 g/mol. The van der Waals surface area contributed by atoms with Crippen LogP contribution in [0.5, 0.6) is 0 Å². The number of carbonyl (C=O) groups is 2. The maximum absolute atomic E-state index is 13.6. The lowest BCUT2D eigenvalue weighted by molar-refractivity contribution is -0.384. The van der Waals surface area contributed by atoms with Crippen molar-refractivity contribution in [1.82, 2.24) is 0 Å². The summed E-state index contributed by atoms with van der Waals surface area (Å²) in [5.74, 6) is -1.03. The average molecular weight is 462 g/mol. The van der Waals surface area contributed by atoms with Crippen LogP contribution in [-0.2, 0) is 9.59 Å². The van der Waals surface area contributed by atoms with E-state index >= 15 is 0 Å². The van der Waals surface area contributed by atoms with Gasteiger partial charge in [-0.1, -0.05) is 29.8 Å². The average Bonchev–Trinajstić information content (AvgIpc) is 3.02. The van der Waals surface area contributed by atoms with Crippen LogP contribution in [0.25, 0.3) is 5.57 Å². The van der Waals surface area contributed by atoms with Crippen molar-refractivity contribution >= 4 is 46.1 Å². The van der Waals surface area contributed by atoms with Crippen LogP contribution < -0.4 is 10.2 Å². The van der Waals surface area contributed by atoms with Crippen LogP contribution in [0.1, 0.15) is 22.3 Å². The number of nitro groups is 1. The summed E-state index contributed by atoms with van der Waals surface area (Å²) < 4.78 is 0. The molecule has 0 aliphatic carbocycles. The number of nitrogens with one attached hydrogen (secondary N) is 1. The number of rotatable bonds is 5. The topological polar surface area (TPSA) is 92.6 Å². The molecule has 166 valence electrons. The van der Waals surface area contributed by atoms with E-state index in [1.54, 1.807) is 30.3 Å². The Morgan fingerprint density at radius 2 is 1.61 bits per heavy atom. The van der Waals surface area contributed by atoms with Crippen molar-refractivity contribution in [3.63, 3.8) is 0 Å². The number of aryl methyl sites for hydroxylation is 2. The molecule has 2 amide bonds. The number of non-ortho nitro benzene ring substituents is 1. The lowest BCUT2D eigenvalue weighted by Gasteiger charge is -2.19.